The van der Waals surface area contributed by atoms with Gasteiger partial charge in [0.1, 0.15) is 16.1 Å². The van der Waals surface area contributed by atoms with Gasteiger partial charge < -0.3 is 15.0 Å². The maximum Gasteiger partial charge on any atom is 0.252 e. The Labute approximate surface area is 188 Å². The van der Waals surface area contributed by atoms with Crippen molar-refractivity contribution in [1.82, 2.24) is 19.5 Å². The van der Waals surface area contributed by atoms with Gasteiger partial charge in [0.05, 0.1) is 30.5 Å². The Morgan fingerprint density at radius 1 is 1.16 bits per heavy atom. The summed E-state index contributed by atoms with van der Waals surface area (Å²) < 4.78 is 7.94. The summed E-state index contributed by atoms with van der Waals surface area (Å²) in [5, 5.41) is 4.08. The molecule has 0 amide bonds. The molecule has 2 fully saturated rings. The molecule has 3 aromatic heterocycles. The standard InChI is InChI=1S/C22H25BrN6O2/c1-14-12-18(30)29(15-4-2-3-5-15)21-19(14)20(23)26-22(27-21)25-17-7-6-16(13-24-17)28-8-10-31-11-9-28/h6-7,12-13,15H,2-5,8-11H2,1H3,(H,24,25,26,27). The van der Waals surface area contributed by atoms with E-state index in [1.807, 2.05) is 29.8 Å². The first-order chi connectivity index (χ1) is 15.1. The monoisotopic (exact) mass is 484 g/mol. The number of nitrogens with zero attached hydrogens (tertiary/aromatic N) is 5. The van der Waals surface area contributed by atoms with Crippen LogP contribution < -0.4 is 15.8 Å². The van der Waals surface area contributed by atoms with Crippen LogP contribution in [0.1, 0.15) is 37.3 Å². The second kappa shape index (κ2) is 8.55. The van der Waals surface area contributed by atoms with Crippen molar-refractivity contribution in [1.29, 1.82) is 0 Å². The molecule has 1 saturated carbocycles. The number of hydrogen-bond donors (Lipinski definition) is 1. The summed E-state index contributed by atoms with van der Waals surface area (Å²) in [4.78, 5) is 29.0. The molecule has 0 bridgehead atoms. The number of fused-ring (bicyclic) bond motifs is 1. The fraction of sp³-hybridized carbons (Fsp3) is 0.455. The van der Waals surface area contributed by atoms with E-state index >= 15 is 0 Å². The summed E-state index contributed by atoms with van der Waals surface area (Å²) >= 11 is 3.60. The number of ether oxygens (including phenoxy) is 1. The van der Waals surface area contributed by atoms with Crippen LogP contribution in [-0.2, 0) is 4.74 Å². The van der Waals surface area contributed by atoms with Crippen LogP contribution in [0.2, 0.25) is 0 Å². The lowest BCUT2D eigenvalue weighted by atomic mass is 10.1. The zero-order chi connectivity index (χ0) is 21.4. The van der Waals surface area contributed by atoms with Crippen LogP contribution in [0, 0.1) is 6.92 Å². The number of anilines is 3. The Bertz CT molecular complexity index is 1150. The van der Waals surface area contributed by atoms with Crippen molar-refractivity contribution in [2.75, 3.05) is 36.5 Å². The summed E-state index contributed by atoms with van der Waals surface area (Å²) in [5.74, 6) is 1.08. The molecule has 5 rings (SSSR count). The minimum Gasteiger partial charge on any atom is -0.378 e. The molecule has 31 heavy (non-hydrogen) atoms. The fourth-order valence-corrected chi connectivity index (χ4v) is 5.18. The second-order valence-electron chi connectivity index (χ2n) is 8.14. The molecule has 9 heteroatoms. The predicted octanol–water partition coefficient (Wildman–Crippen LogP) is 3.95. The number of pyridine rings is 2. The van der Waals surface area contributed by atoms with Crippen molar-refractivity contribution in [2.45, 2.75) is 38.6 Å². The molecule has 0 radical (unpaired) electrons. The summed E-state index contributed by atoms with van der Waals surface area (Å²) in [6.07, 6.45) is 6.15. The molecule has 2 aliphatic rings. The Balaban J connectivity index is 1.49. The van der Waals surface area contributed by atoms with Gasteiger partial charge in [-0.1, -0.05) is 12.8 Å². The van der Waals surface area contributed by atoms with Crippen LogP contribution in [0.3, 0.4) is 0 Å². The molecule has 1 N–H and O–H groups in total. The molecule has 0 spiro atoms. The van der Waals surface area contributed by atoms with Crippen molar-refractivity contribution in [3.63, 3.8) is 0 Å². The summed E-state index contributed by atoms with van der Waals surface area (Å²) in [5.41, 5.74) is 2.62. The van der Waals surface area contributed by atoms with Crippen LogP contribution in [0.25, 0.3) is 11.0 Å². The molecule has 0 aromatic carbocycles. The number of rotatable bonds is 4. The Kier molecular flexibility index (Phi) is 5.62. The number of morpholine rings is 1. The SMILES string of the molecule is Cc1cc(=O)n(C2CCCC2)c2nc(Nc3ccc(N4CCOCC4)cn3)nc(Br)c12. The minimum atomic E-state index is 0.00133. The van der Waals surface area contributed by atoms with Gasteiger partial charge in [-0.3, -0.25) is 9.36 Å². The van der Waals surface area contributed by atoms with Crippen LogP contribution in [-0.4, -0.2) is 45.8 Å². The number of aryl methyl sites for hydroxylation is 1. The van der Waals surface area contributed by atoms with Gasteiger partial charge in [0.25, 0.3) is 5.56 Å². The lowest BCUT2D eigenvalue weighted by Gasteiger charge is -2.28. The number of nitrogens with one attached hydrogen (secondary N) is 1. The Morgan fingerprint density at radius 3 is 2.65 bits per heavy atom. The third-order valence-electron chi connectivity index (χ3n) is 6.10. The number of halogens is 1. The first-order valence-corrected chi connectivity index (χ1v) is 11.5. The van der Waals surface area contributed by atoms with E-state index in [1.165, 1.54) is 0 Å². The van der Waals surface area contributed by atoms with Crippen molar-refractivity contribution in [2.24, 2.45) is 0 Å². The van der Waals surface area contributed by atoms with Crippen LogP contribution >= 0.6 is 15.9 Å². The summed E-state index contributed by atoms with van der Waals surface area (Å²) in [7, 11) is 0. The molecular formula is C22H25BrN6O2. The average Bonchev–Trinajstić information content (AvgIpc) is 3.29. The highest BCUT2D eigenvalue weighted by Crippen LogP contribution is 2.33. The van der Waals surface area contributed by atoms with Gasteiger partial charge in [0.2, 0.25) is 5.95 Å². The fourth-order valence-electron chi connectivity index (χ4n) is 4.52. The topological polar surface area (TPSA) is 85.2 Å². The van der Waals surface area contributed by atoms with Gasteiger partial charge in [-0.25, -0.2) is 9.97 Å². The lowest BCUT2D eigenvalue weighted by Crippen LogP contribution is -2.36. The van der Waals surface area contributed by atoms with Gasteiger partial charge in [0, 0.05) is 25.2 Å². The quantitative estimate of drug-likeness (QED) is 0.560. The van der Waals surface area contributed by atoms with Crippen molar-refractivity contribution >= 4 is 44.4 Å². The van der Waals surface area contributed by atoms with Crippen LogP contribution in [0.5, 0.6) is 0 Å². The first-order valence-electron chi connectivity index (χ1n) is 10.8. The van der Waals surface area contributed by atoms with E-state index in [4.69, 9.17) is 9.72 Å². The van der Waals surface area contributed by atoms with Gasteiger partial charge >= 0.3 is 0 Å². The predicted molar refractivity (Wildman–Crippen MR) is 124 cm³/mol. The Morgan fingerprint density at radius 2 is 1.94 bits per heavy atom. The first kappa shape index (κ1) is 20.4. The summed E-state index contributed by atoms with van der Waals surface area (Å²) in [6.45, 7) is 5.14. The van der Waals surface area contributed by atoms with Gasteiger partial charge in [-0.15, -0.1) is 0 Å². The zero-order valence-electron chi connectivity index (χ0n) is 17.5. The average molecular weight is 485 g/mol. The highest BCUT2D eigenvalue weighted by Gasteiger charge is 2.23. The largest absolute Gasteiger partial charge is 0.378 e. The number of hydrogen-bond acceptors (Lipinski definition) is 7. The maximum absolute atomic E-state index is 12.9. The molecule has 4 heterocycles. The van der Waals surface area contributed by atoms with Crippen molar-refractivity contribution in [3.8, 4) is 0 Å². The van der Waals surface area contributed by atoms with Gasteiger partial charge in [-0.2, -0.15) is 4.98 Å². The van der Waals surface area contributed by atoms with Crippen molar-refractivity contribution < 1.29 is 4.74 Å². The molecule has 3 aromatic rings. The molecular weight excluding hydrogens is 460 g/mol. The molecule has 1 aliphatic heterocycles. The lowest BCUT2D eigenvalue weighted by molar-refractivity contribution is 0.122. The summed E-state index contributed by atoms with van der Waals surface area (Å²) in [6, 6.07) is 5.84. The molecule has 1 aliphatic carbocycles. The van der Waals surface area contributed by atoms with Crippen molar-refractivity contribution in [3.05, 3.63) is 44.9 Å². The van der Waals surface area contributed by atoms with E-state index in [0.717, 1.165) is 68.6 Å². The van der Waals surface area contributed by atoms with Gasteiger partial charge in [-0.05, 0) is 53.4 Å². The van der Waals surface area contributed by atoms with E-state index in [0.29, 0.717) is 22.0 Å². The second-order valence-corrected chi connectivity index (χ2v) is 8.89. The zero-order valence-corrected chi connectivity index (χ0v) is 19.1. The van der Waals surface area contributed by atoms with E-state index in [1.54, 1.807) is 6.07 Å². The highest BCUT2D eigenvalue weighted by molar-refractivity contribution is 9.10. The van der Waals surface area contributed by atoms with Crippen LogP contribution in [0.15, 0.2) is 33.8 Å². The molecule has 0 unspecified atom stereocenters. The number of aromatic nitrogens is 4. The normalized spacial score (nSPS) is 17.4. The highest BCUT2D eigenvalue weighted by atomic mass is 79.9. The minimum absolute atomic E-state index is 0.00133. The molecule has 0 atom stereocenters. The molecule has 8 nitrogen and oxygen atoms in total. The maximum atomic E-state index is 12.9. The van der Waals surface area contributed by atoms with E-state index in [2.05, 4.69) is 36.1 Å². The van der Waals surface area contributed by atoms with E-state index in [9.17, 15) is 4.79 Å². The van der Waals surface area contributed by atoms with Crippen LogP contribution in [0.4, 0.5) is 17.5 Å². The third kappa shape index (κ3) is 4.04. The van der Waals surface area contributed by atoms with E-state index in [-0.39, 0.29) is 11.6 Å². The smallest absolute Gasteiger partial charge is 0.252 e. The third-order valence-corrected chi connectivity index (χ3v) is 6.67. The molecule has 1 saturated heterocycles. The Hall–Kier alpha value is -2.52. The van der Waals surface area contributed by atoms with Gasteiger partial charge in [0.15, 0.2) is 0 Å². The molecule has 162 valence electrons. The van der Waals surface area contributed by atoms with E-state index < -0.39 is 0 Å².